The van der Waals surface area contributed by atoms with E-state index in [0.717, 1.165) is 18.8 Å². The first-order valence-corrected chi connectivity index (χ1v) is 10.5. The monoisotopic (exact) mass is 437 g/mol. The molecule has 4 rings (SSSR count). The molecule has 0 spiro atoms. The molecule has 0 unspecified atom stereocenters. The number of nitrogens with zero attached hydrogens (tertiary/aromatic N) is 5. The van der Waals surface area contributed by atoms with E-state index in [4.69, 9.17) is 4.74 Å². The molecule has 1 aliphatic rings. The Morgan fingerprint density at radius 2 is 1.84 bits per heavy atom. The molecular formula is C23H24FN5O3. The van der Waals surface area contributed by atoms with Gasteiger partial charge in [-0.05, 0) is 49.7 Å². The van der Waals surface area contributed by atoms with Gasteiger partial charge >= 0.3 is 5.97 Å². The van der Waals surface area contributed by atoms with Gasteiger partial charge in [-0.1, -0.05) is 0 Å². The number of halogens is 1. The van der Waals surface area contributed by atoms with Gasteiger partial charge in [0.1, 0.15) is 17.3 Å². The highest BCUT2D eigenvalue weighted by molar-refractivity contribution is 5.93. The second-order valence-corrected chi connectivity index (χ2v) is 7.38. The molecule has 9 heteroatoms. The molecule has 2 aromatic heterocycles. The summed E-state index contributed by atoms with van der Waals surface area (Å²) in [6.07, 6.45) is 5.38. The Morgan fingerprint density at radius 3 is 2.56 bits per heavy atom. The van der Waals surface area contributed by atoms with E-state index in [-0.39, 0.29) is 11.7 Å². The fourth-order valence-corrected chi connectivity index (χ4v) is 3.68. The van der Waals surface area contributed by atoms with Crippen molar-refractivity contribution in [3.8, 4) is 5.69 Å². The summed E-state index contributed by atoms with van der Waals surface area (Å²) < 4.78 is 19.9. The Hall–Kier alpha value is -3.75. The summed E-state index contributed by atoms with van der Waals surface area (Å²) in [4.78, 5) is 37.4. The summed E-state index contributed by atoms with van der Waals surface area (Å²) >= 11 is 0. The Bertz CT molecular complexity index is 1080. The van der Waals surface area contributed by atoms with Crippen molar-refractivity contribution in [2.75, 3.05) is 37.7 Å². The van der Waals surface area contributed by atoms with Crippen LogP contribution in [0.1, 0.15) is 34.2 Å². The van der Waals surface area contributed by atoms with Crippen molar-refractivity contribution in [3.63, 3.8) is 0 Å². The minimum atomic E-state index is -0.392. The van der Waals surface area contributed by atoms with Crippen LogP contribution in [0.25, 0.3) is 5.69 Å². The highest BCUT2D eigenvalue weighted by Gasteiger charge is 2.24. The van der Waals surface area contributed by atoms with Crippen LogP contribution in [0.2, 0.25) is 0 Å². The molecule has 1 fully saturated rings. The van der Waals surface area contributed by atoms with Gasteiger partial charge in [0.15, 0.2) is 0 Å². The van der Waals surface area contributed by atoms with Crippen molar-refractivity contribution >= 4 is 17.7 Å². The molecule has 3 heterocycles. The lowest BCUT2D eigenvalue weighted by Gasteiger charge is -2.23. The van der Waals surface area contributed by atoms with E-state index in [0.29, 0.717) is 43.2 Å². The van der Waals surface area contributed by atoms with E-state index in [9.17, 15) is 14.0 Å². The van der Waals surface area contributed by atoms with Crippen LogP contribution in [0.15, 0.2) is 55.1 Å². The number of rotatable bonds is 5. The number of amides is 1. The minimum absolute atomic E-state index is 0.126. The molecule has 3 aromatic rings. The highest BCUT2D eigenvalue weighted by atomic mass is 19.1. The minimum Gasteiger partial charge on any atom is -0.462 e. The van der Waals surface area contributed by atoms with Crippen molar-refractivity contribution in [2.24, 2.45) is 0 Å². The topological polar surface area (TPSA) is 80.6 Å². The number of ether oxygens (including phenoxy) is 1. The number of esters is 1. The second-order valence-electron chi connectivity index (χ2n) is 7.38. The molecule has 1 saturated heterocycles. The molecular weight excluding hydrogens is 413 g/mol. The summed E-state index contributed by atoms with van der Waals surface area (Å²) in [5, 5.41) is 0. The number of hydrogen-bond acceptors (Lipinski definition) is 6. The van der Waals surface area contributed by atoms with Crippen molar-refractivity contribution < 1.29 is 18.7 Å². The predicted molar refractivity (Wildman–Crippen MR) is 116 cm³/mol. The van der Waals surface area contributed by atoms with Crippen LogP contribution in [0, 0.1) is 5.82 Å². The van der Waals surface area contributed by atoms with E-state index in [1.807, 2.05) is 0 Å². The molecule has 0 saturated carbocycles. The van der Waals surface area contributed by atoms with Crippen LogP contribution >= 0.6 is 0 Å². The molecule has 1 aromatic carbocycles. The first-order chi connectivity index (χ1) is 15.6. The average molecular weight is 437 g/mol. The van der Waals surface area contributed by atoms with Gasteiger partial charge in [-0.15, -0.1) is 0 Å². The summed E-state index contributed by atoms with van der Waals surface area (Å²) in [5.74, 6) is -0.0989. The number of aromatic nitrogens is 3. The van der Waals surface area contributed by atoms with Gasteiger partial charge in [0.25, 0.3) is 5.91 Å². The summed E-state index contributed by atoms with van der Waals surface area (Å²) in [5.41, 5.74) is 1.52. The number of anilines is 1. The largest absolute Gasteiger partial charge is 0.462 e. The van der Waals surface area contributed by atoms with E-state index in [1.165, 1.54) is 24.5 Å². The Kier molecular flexibility index (Phi) is 6.44. The molecule has 32 heavy (non-hydrogen) atoms. The molecule has 1 aliphatic heterocycles. The molecule has 0 N–H and O–H groups in total. The van der Waals surface area contributed by atoms with Crippen molar-refractivity contribution in [3.05, 3.63) is 72.2 Å². The van der Waals surface area contributed by atoms with Crippen molar-refractivity contribution in [1.82, 2.24) is 19.4 Å². The maximum absolute atomic E-state index is 13.3. The first-order valence-electron chi connectivity index (χ1n) is 10.5. The smallest absolute Gasteiger partial charge is 0.339 e. The zero-order chi connectivity index (χ0) is 22.5. The number of pyridine rings is 1. The molecule has 0 atom stereocenters. The number of imidazole rings is 1. The molecule has 0 radical (unpaired) electrons. The normalized spacial score (nSPS) is 14.2. The predicted octanol–water partition coefficient (Wildman–Crippen LogP) is 2.94. The zero-order valence-electron chi connectivity index (χ0n) is 17.8. The SMILES string of the molecule is CCOC(=O)c1ccc(N2CCCN(C(=O)c3cncn3-c3ccc(F)cc3)CC2)nc1. The van der Waals surface area contributed by atoms with E-state index < -0.39 is 5.97 Å². The second kappa shape index (κ2) is 9.59. The quantitative estimate of drug-likeness (QED) is 0.571. The van der Waals surface area contributed by atoms with Crippen molar-refractivity contribution in [2.45, 2.75) is 13.3 Å². The fraction of sp³-hybridized carbons (Fsp3) is 0.304. The van der Waals surface area contributed by atoms with Gasteiger partial charge in [0.2, 0.25) is 0 Å². The lowest BCUT2D eigenvalue weighted by molar-refractivity contribution is 0.0525. The van der Waals surface area contributed by atoms with Crippen LogP contribution in [0.3, 0.4) is 0 Å². The molecule has 0 aliphatic carbocycles. The Labute approximate surface area is 185 Å². The third kappa shape index (κ3) is 4.61. The first kappa shape index (κ1) is 21.5. The van der Waals surface area contributed by atoms with E-state index >= 15 is 0 Å². The standard InChI is InChI=1S/C23H24FN5O3/c1-2-32-23(31)17-4-9-21(26-14-17)27-10-3-11-28(13-12-27)22(30)20-15-25-16-29(20)19-7-5-18(24)6-8-19/h4-9,14-16H,2-3,10-13H2,1H3. The zero-order valence-corrected chi connectivity index (χ0v) is 17.8. The molecule has 166 valence electrons. The molecule has 1 amide bonds. The lowest BCUT2D eigenvalue weighted by Crippen LogP contribution is -2.36. The summed E-state index contributed by atoms with van der Waals surface area (Å²) in [7, 11) is 0. The van der Waals surface area contributed by atoms with Crippen LogP contribution < -0.4 is 4.90 Å². The van der Waals surface area contributed by atoms with Crippen LogP contribution in [0.4, 0.5) is 10.2 Å². The third-order valence-electron chi connectivity index (χ3n) is 5.33. The number of hydrogen-bond donors (Lipinski definition) is 0. The lowest BCUT2D eigenvalue weighted by atomic mass is 10.2. The summed E-state index contributed by atoms with van der Waals surface area (Å²) in [6.45, 7) is 4.56. The number of carbonyl (C=O) groups excluding carboxylic acids is 2. The fourth-order valence-electron chi connectivity index (χ4n) is 3.68. The average Bonchev–Trinajstić information content (AvgIpc) is 3.17. The van der Waals surface area contributed by atoms with Gasteiger partial charge in [-0.3, -0.25) is 9.36 Å². The van der Waals surface area contributed by atoms with Crippen LogP contribution in [-0.4, -0.2) is 64.1 Å². The van der Waals surface area contributed by atoms with Crippen LogP contribution in [0.5, 0.6) is 0 Å². The van der Waals surface area contributed by atoms with Crippen molar-refractivity contribution in [1.29, 1.82) is 0 Å². The van der Waals surface area contributed by atoms with Gasteiger partial charge in [0.05, 0.1) is 24.7 Å². The highest BCUT2D eigenvalue weighted by Crippen LogP contribution is 2.18. The third-order valence-corrected chi connectivity index (χ3v) is 5.33. The maximum atomic E-state index is 13.3. The van der Waals surface area contributed by atoms with Gasteiger partial charge in [-0.25, -0.2) is 19.2 Å². The van der Waals surface area contributed by atoms with Crippen LogP contribution in [-0.2, 0) is 4.74 Å². The Balaban J connectivity index is 1.44. The van der Waals surface area contributed by atoms with Gasteiger partial charge in [-0.2, -0.15) is 0 Å². The molecule has 0 bridgehead atoms. The molecule has 8 nitrogen and oxygen atoms in total. The van der Waals surface area contributed by atoms with Gasteiger partial charge in [0, 0.05) is 38.1 Å². The van der Waals surface area contributed by atoms with E-state index in [2.05, 4.69) is 14.9 Å². The number of benzene rings is 1. The Morgan fingerprint density at radius 1 is 1.03 bits per heavy atom. The van der Waals surface area contributed by atoms with E-state index in [1.54, 1.807) is 47.0 Å². The number of carbonyl (C=O) groups is 2. The summed E-state index contributed by atoms with van der Waals surface area (Å²) in [6, 6.07) is 9.44. The maximum Gasteiger partial charge on any atom is 0.339 e. The van der Waals surface area contributed by atoms with Gasteiger partial charge < -0.3 is 14.5 Å².